The van der Waals surface area contributed by atoms with Crippen LogP contribution in [-0.2, 0) is 10.0 Å². The van der Waals surface area contributed by atoms with E-state index in [-0.39, 0.29) is 5.25 Å². The van der Waals surface area contributed by atoms with Crippen LogP contribution in [0, 0.1) is 5.92 Å². The number of halogens is 1. The van der Waals surface area contributed by atoms with E-state index in [0.29, 0.717) is 5.92 Å². The molecule has 15 heavy (non-hydrogen) atoms. The summed E-state index contributed by atoms with van der Waals surface area (Å²) in [5.41, 5.74) is 0. The van der Waals surface area contributed by atoms with Crippen LogP contribution in [0.2, 0.25) is 0 Å². The summed E-state index contributed by atoms with van der Waals surface area (Å²) < 4.78 is 25.8. The molecule has 0 aromatic heterocycles. The molecule has 1 heterocycles. The molecule has 0 amide bonds. The van der Waals surface area contributed by atoms with Gasteiger partial charge in [0.2, 0.25) is 10.0 Å². The van der Waals surface area contributed by atoms with Crippen molar-refractivity contribution in [1.82, 2.24) is 4.31 Å². The van der Waals surface area contributed by atoms with Crippen LogP contribution >= 0.6 is 15.9 Å². The molecule has 88 valence electrons. The normalized spacial score (nSPS) is 29.3. The van der Waals surface area contributed by atoms with Gasteiger partial charge in [0.15, 0.2) is 0 Å². The van der Waals surface area contributed by atoms with Crippen molar-refractivity contribution < 1.29 is 8.42 Å². The maximum atomic E-state index is 12.0. The summed E-state index contributed by atoms with van der Waals surface area (Å²) in [5.74, 6) is 0.562. The highest BCUT2D eigenvalue weighted by molar-refractivity contribution is 9.09. The summed E-state index contributed by atoms with van der Waals surface area (Å²) >= 11 is 3.43. The van der Waals surface area contributed by atoms with Crippen LogP contribution in [-0.4, -0.2) is 36.4 Å². The molecule has 1 saturated heterocycles. The van der Waals surface area contributed by atoms with Gasteiger partial charge in [-0.3, -0.25) is 0 Å². The summed E-state index contributed by atoms with van der Waals surface area (Å²) in [5, 5.41) is 0.940. The molecule has 1 unspecified atom stereocenters. The second-order valence-electron chi connectivity index (χ2n) is 4.59. The van der Waals surface area contributed by atoms with Crippen molar-refractivity contribution in [3.05, 3.63) is 0 Å². The number of hydrogen-bond acceptors (Lipinski definition) is 2. The highest BCUT2D eigenvalue weighted by Crippen LogP contribution is 2.33. The van der Waals surface area contributed by atoms with Crippen LogP contribution in [0.3, 0.4) is 0 Å². The maximum absolute atomic E-state index is 12.0. The summed E-state index contributed by atoms with van der Waals surface area (Å²) in [6.07, 6.45) is 5.06. The van der Waals surface area contributed by atoms with Gasteiger partial charge in [0.05, 0.1) is 5.25 Å². The van der Waals surface area contributed by atoms with Crippen molar-refractivity contribution in [3.8, 4) is 0 Å². The number of sulfonamides is 1. The molecule has 3 nitrogen and oxygen atoms in total. The van der Waals surface area contributed by atoms with Crippen molar-refractivity contribution >= 4 is 26.0 Å². The largest absolute Gasteiger partial charge is 0.216 e. The lowest BCUT2D eigenvalue weighted by molar-refractivity contribution is 0.262. The molecule has 0 aromatic rings. The average Bonchev–Trinajstić information content (AvgIpc) is 3.02. The van der Waals surface area contributed by atoms with Crippen LogP contribution in [0.25, 0.3) is 0 Å². The van der Waals surface area contributed by atoms with Crippen molar-refractivity contribution in [2.45, 2.75) is 37.4 Å². The van der Waals surface area contributed by atoms with Gasteiger partial charge in [0.1, 0.15) is 0 Å². The summed E-state index contributed by atoms with van der Waals surface area (Å²) in [4.78, 5) is 0. The third kappa shape index (κ3) is 2.74. The van der Waals surface area contributed by atoms with Gasteiger partial charge >= 0.3 is 0 Å². The monoisotopic (exact) mass is 295 g/mol. The number of hydrogen-bond donors (Lipinski definition) is 0. The van der Waals surface area contributed by atoms with E-state index < -0.39 is 10.0 Å². The van der Waals surface area contributed by atoms with Crippen molar-refractivity contribution in [3.63, 3.8) is 0 Å². The minimum atomic E-state index is -2.92. The molecule has 0 aromatic carbocycles. The molecular weight excluding hydrogens is 278 g/mol. The summed E-state index contributed by atoms with van der Waals surface area (Å²) in [6, 6.07) is 0. The van der Waals surface area contributed by atoms with E-state index in [0.717, 1.165) is 44.1 Å². The standard InChI is InChI=1S/C10H18BrNO2S/c11-6-5-9-2-1-7-12(8-9)15(13,14)10-3-4-10/h9-10H,1-8H2. The maximum Gasteiger partial charge on any atom is 0.216 e. The van der Waals surface area contributed by atoms with E-state index in [1.54, 1.807) is 4.31 Å². The minimum Gasteiger partial charge on any atom is -0.212 e. The number of nitrogens with zero attached hydrogens (tertiary/aromatic N) is 1. The number of alkyl halides is 1. The van der Waals surface area contributed by atoms with E-state index >= 15 is 0 Å². The Morgan fingerprint density at radius 2 is 2.00 bits per heavy atom. The first-order valence-corrected chi connectivity index (χ1v) is 8.32. The van der Waals surface area contributed by atoms with Crippen molar-refractivity contribution in [1.29, 1.82) is 0 Å². The Balaban J connectivity index is 1.97. The van der Waals surface area contributed by atoms with E-state index in [1.165, 1.54) is 6.42 Å². The fraction of sp³-hybridized carbons (Fsp3) is 1.00. The minimum absolute atomic E-state index is 0.0415. The Morgan fingerprint density at radius 1 is 1.27 bits per heavy atom. The second-order valence-corrected chi connectivity index (χ2v) is 7.59. The van der Waals surface area contributed by atoms with Gasteiger partial charge in [-0.15, -0.1) is 0 Å². The quantitative estimate of drug-likeness (QED) is 0.744. The van der Waals surface area contributed by atoms with Gasteiger partial charge in [-0.25, -0.2) is 12.7 Å². The highest BCUT2D eigenvalue weighted by atomic mass is 79.9. The second kappa shape index (κ2) is 4.72. The van der Waals surface area contributed by atoms with Gasteiger partial charge < -0.3 is 0 Å². The fourth-order valence-electron chi connectivity index (χ4n) is 2.22. The highest BCUT2D eigenvalue weighted by Gasteiger charge is 2.41. The first-order chi connectivity index (χ1) is 7.14. The Kier molecular flexibility index (Phi) is 3.73. The van der Waals surface area contributed by atoms with Gasteiger partial charge in [-0.1, -0.05) is 15.9 Å². The Hall–Kier alpha value is 0.390. The van der Waals surface area contributed by atoms with Gasteiger partial charge in [-0.05, 0) is 38.0 Å². The lowest BCUT2D eigenvalue weighted by atomic mass is 9.97. The number of rotatable bonds is 4. The van der Waals surface area contributed by atoms with E-state index in [2.05, 4.69) is 15.9 Å². The molecule has 2 aliphatic rings. The van der Waals surface area contributed by atoms with Crippen LogP contribution in [0.4, 0.5) is 0 Å². The smallest absolute Gasteiger partial charge is 0.212 e. The van der Waals surface area contributed by atoms with E-state index in [9.17, 15) is 8.42 Å². The molecule has 1 aliphatic carbocycles. The predicted octanol–water partition coefficient (Wildman–Crippen LogP) is 1.98. The zero-order chi connectivity index (χ0) is 10.9. The molecule has 0 N–H and O–H groups in total. The Labute approximate surface area is 100 Å². The third-order valence-corrected chi connectivity index (χ3v) is 6.13. The molecule has 1 aliphatic heterocycles. The first-order valence-electron chi connectivity index (χ1n) is 5.69. The van der Waals surface area contributed by atoms with E-state index in [4.69, 9.17) is 0 Å². The van der Waals surface area contributed by atoms with Gasteiger partial charge in [0, 0.05) is 18.4 Å². The van der Waals surface area contributed by atoms with Gasteiger partial charge in [0.25, 0.3) is 0 Å². The van der Waals surface area contributed by atoms with Crippen LogP contribution in [0.15, 0.2) is 0 Å². The summed E-state index contributed by atoms with van der Waals surface area (Å²) in [7, 11) is -2.92. The van der Waals surface area contributed by atoms with Crippen LogP contribution in [0.1, 0.15) is 32.1 Å². The topological polar surface area (TPSA) is 37.4 Å². The van der Waals surface area contributed by atoms with Crippen LogP contribution < -0.4 is 0 Å². The molecule has 2 fully saturated rings. The van der Waals surface area contributed by atoms with Crippen molar-refractivity contribution in [2.24, 2.45) is 5.92 Å². The molecule has 1 atom stereocenters. The lowest BCUT2D eigenvalue weighted by Crippen LogP contribution is -2.41. The molecule has 0 radical (unpaired) electrons. The zero-order valence-electron chi connectivity index (χ0n) is 8.86. The van der Waals surface area contributed by atoms with Gasteiger partial charge in [-0.2, -0.15) is 0 Å². The summed E-state index contributed by atoms with van der Waals surface area (Å²) in [6.45, 7) is 1.50. The molecule has 1 saturated carbocycles. The first kappa shape index (κ1) is 11.9. The van der Waals surface area contributed by atoms with Crippen molar-refractivity contribution in [2.75, 3.05) is 18.4 Å². The molecular formula is C10H18BrNO2S. The number of piperidine rings is 1. The Bertz CT molecular complexity index is 311. The fourth-order valence-corrected chi connectivity index (χ4v) is 4.83. The average molecular weight is 296 g/mol. The lowest BCUT2D eigenvalue weighted by Gasteiger charge is -2.31. The molecule has 5 heteroatoms. The molecule has 0 bridgehead atoms. The Morgan fingerprint density at radius 3 is 2.60 bits per heavy atom. The molecule has 0 spiro atoms. The third-order valence-electron chi connectivity index (χ3n) is 3.30. The SMILES string of the molecule is O=S(=O)(C1CC1)N1CCCC(CCBr)C1. The van der Waals surface area contributed by atoms with Crippen LogP contribution in [0.5, 0.6) is 0 Å². The zero-order valence-corrected chi connectivity index (χ0v) is 11.3. The van der Waals surface area contributed by atoms with E-state index in [1.807, 2.05) is 0 Å². The predicted molar refractivity (Wildman–Crippen MR) is 64.6 cm³/mol. The molecule has 2 rings (SSSR count).